The van der Waals surface area contributed by atoms with Crippen LogP contribution in [0.1, 0.15) is 31.4 Å². The summed E-state index contributed by atoms with van der Waals surface area (Å²) in [6.07, 6.45) is -1.53. The monoisotopic (exact) mass is 214 g/mol. The molecular formula is C12H13F3. The van der Waals surface area contributed by atoms with Crippen molar-refractivity contribution in [2.75, 3.05) is 0 Å². The molecule has 1 aromatic rings. The largest absolute Gasteiger partial charge is 0.416 e. The van der Waals surface area contributed by atoms with Crippen LogP contribution in [0.15, 0.2) is 30.3 Å². The van der Waals surface area contributed by atoms with Crippen LogP contribution in [0.2, 0.25) is 0 Å². The molecule has 0 bridgehead atoms. The normalized spacial score (nSPS) is 13.0. The van der Waals surface area contributed by atoms with E-state index in [9.17, 15) is 13.2 Å². The first-order valence-electron chi connectivity index (χ1n) is 4.79. The molecule has 1 aromatic carbocycles. The standard InChI is InChI=1S/C12H13F3/c1-3-5-9(2)10-6-4-7-11(8-10)12(13,14)15/h4-8H,3H2,1-2H3. The Morgan fingerprint density at radius 2 is 2.00 bits per heavy atom. The molecule has 0 saturated heterocycles. The maximum atomic E-state index is 12.4. The molecule has 0 aromatic heterocycles. The topological polar surface area (TPSA) is 0 Å². The van der Waals surface area contributed by atoms with Crippen molar-refractivity contribution >= 4 is 5.57 Å². The van der Waals surface area contributed by atoms with Crippen LogP contribution in [0, 0.1) is 0 Å². The zero-order valence-electron chi connectivity index (χ0n) is 8.73. The lowest BCUT2D eigenvalue weighted by molar-refractivity contribution is -0.137. The lowest BCUT2D eigenvalue weighted by atomic mass is 10.0. The molecule has 0 amide bonds. The van der Waals surface area contributed by atoms with E-state index in [0.29, 0.717) is 5.56 Å². The first-order valence-corrected chi connectivity index (χ1v) is 4.79. The van der Waals surface area contributed by atoms with E-state index in [1.807, 2.05) is 19.9 Å². The zero-order chi connectivity index (χ0) is 11.5. The summed E-state index contributed by atoms with van der Waals surface area (Å²) in [6.45, 7) is 3.77. The number of allylic oxidation sites excluding steroid dienone is 2. The van der Waals surface area contributed by atoms with Gasteiger partial charge in [0.15, 0.2) is 0 Å². The maximum Gasteiger partial charge on any atom is 0.416 e. The highest BCUT2D eigenvalue weighted by atomic mass is 19.4. The predicted octanol–water partition coefficient (Wildman–Crippen LogP) is 4.52. The summed E-state index contributed by atoms with van der Waals surface area (Å²) in [5.74, 6) is 0. The van der Waals surface area contributed by atoms with Crippen molar-refractivity contribution in [3.63, 3.8) is 0 Å². The highest BCUT2D eigenvalue weighted by Gasteiger charge is 2.30. The molecule has 82 valence electrons. The second-order valence-corrected chi connectivity index (χ2v) is 3.37. The quantitative estimate of drug-likeness (QED) is 0.679. The third kappa shape index (κ3) is 3.11. The number of halogens is 3. The zero-order valence-corrected chi connectivity index (χ0v) is 8.73. The molecule has 0 unspecified atom stereocenters. The van der Waals surface area contributed by atoms with Crippen LogP contribution in [-0.4, -0.2) is 0 Å². The van der Waals surface area contributed by atoms with Crippen molar-refractivity contribution in [1.29, 1.82) is 0 Å². The molecule has 1 rings (SSSR count). The fourth-order valence-corrected chi connectivity index (χ4v) is 1.36. The Balaban J connectivity index is 3.08. The Hall–Kier alpha value is -1.25. The van der Waals surface area contributed by atoms with Crippen molar-refractivity contribution in [3.05, 3.63) is 41.5 Å². The Morgan fingerprint density at radius 3 is 2.53 bits per heavy atom. The van der Waals surface area contributed by atoms with Gasteiger partial charge in [0.05, 0.1) is 5.56 Å². The fourth-order valence-electron chi connectivity index (χ4n) is 1.36. The summed E-state index contributed by atoms with van der Waals surface area (Å²) < 4.78 is 37.2. The smallest absolute Gasteiger partial charge is 0.166 e. The first-order chi connectivity index (χ1) is 6.95. The number of hydrogen-bond donors (Lipinski definition) is 0. The van der Waals surface area contributed by atoms with Gasteiger partial charge in [-0.3, -0.25) is 0 Å². The molecule has 0 aliphatic rings. The molecule has 0 heterocycles. The van der Waals surface area contributed by atoms with Gasteiger partial charge in [-0.25, -0.2) is 0 Å². The summed E-state index contributed by atoms with van der Waals surface area (Å²) in [6, 6.07) is 5.39. The third-order valence-corrected chi connectivity index (χ3v) is 2.16. The van der Waals surface area contributed by atoms with E-state index in [4.69, 9.17) is 0 Å². The van der Waals surface area contributed by atoms with Crippen molar-refractivity contribution < 1.29 is 13.2 Å². The molecule has 0 radical (unpaired) electrons. The third-order valence-electron chi connectivity index (χ3n) is 2.16. The van der Waals surface area contributed by atoms with Gasteiger partial charge in [-0.1, -0.05) is 25.1 Å². The van der Waals surface area contributed by atoms with E-state index in [2.05, 4.69) is 0 Å². The van der Waals surface area contributed by atoms with Crippen LogP contribution in [0.4, 0.5) is 13.2 Å². The first kappa shape index (κ1) is 11.8. The Morgan fingerprint density at radius 1 is 1.33 bits per heavy atom. The minimum atomic E-state index is -4.26. The molecule has 0 saturated carbocycles. The van der Waals surface area contributed by atoms with E-state index in [1.54, 1.807) is 6.07 Å². The van der Waals surface area contributed by atoms with Gasteiger partial charge in [0, 0.05) is 0 Å². The van der Waals surface area contributed by atoms with Gasteiger partial charge in [0.2, 0.25) is 0 Å². The van der Waals surface area contributed by atoms with Gasteiger partial charge >= 0.3 is 6.18 Å². The van der Waals surface area contributed by atoms with Crippen LogP contribution in [0.3, 0.4) is 0 Å². The van der Waals surface area contributed by atoms with Crippen LogP contribution in [0.5, 0.6) is 0 Å². The van der Waals surface area contributed by atoms with Crippen molar-refractivity contribution in [1.82, 2.24) is 0 Å². The van der Waals surface area contributed by atoms with E-state index in [1.165, 1.54) is 12.1 Å². The van der Waals surface area contributed by atoms with Crippen LogP contribution < -0.4 is 0 Å². The molecule has 15 heavy (non-hydrogen) atoms. The van der Waals surface area contributed by atoms with Gasteiger partial charge < -0.3 is 0 Å². The number of hydrogen-bond acceptors (Lipinski definition) is 0. The Labute approximate surface area is 87.4 Å². The highest BCUT2D eigenvalue weighted by molar-refractivity contribution is 5.64. The SMILES string of the molecule is CCC=C(C)c1cccc(C(F)(F)F)c1. The fraction of sp³-hybridized carbons (Fsp3) is 0.333. The molecule has 0 nitrogen and oxygen atoms in total. The summed E-state index contributed by atoms with van der Waals surface area (Å²) in [4.78, 5) is 0. The molecule has 0 aliphatic carbocycles. The summed E-state index contributed by atoms with van der Waals surface area (Å²) >= 11 is 0. The lowest BCUT2D eigenvalue weighted by Crippen LogP contribution is -2.04. The average molecular weight is 214 g/mol. The minimum Gasteiger partial charge on any atom is -0.166 e. The second kappa shape index (κ2) is 4.51. The van der Waals surface area contributed by atoms with E-state index >= 15 is 0 Å². The lowest BCUT2D eigenvalue weighted by Gasteiger charge is -2.08. The predicted molar refractivity (Wildman–Crippen MR) is 55.4 cm³/mol. The van der Waals surface area contributed by atoms with Gasteiger partial charge in [-0.2, -0.15) is 13.2 Å². The van der Waals surface area contributed by atoms with Gasteiger partial charge in [0.25, 0.3) is 0 Å². The number of rotatable bonds is 2. The maximum absolute atomic E-state index is 12.4. The Kier molecular flexibility index (Phi) is 3.56. The van der Waals surface area contributed by atoms with Crippen LogP contribution in [-0.2, 0) is 6.18 Å². The van der Waals surface area contributed by atoms with E-state index < -0.39 is 11.7 Å². The summed E-state index contributed by atoms with van der Waals surface area (Å²) in [7, 11) is 0. The molecule has 3 heteroatoms. The van der Waals surface area contributed by atoms with Crippen LogP contribution in [0.25, 0.3) is 5.57 Å². The summed E-state index contributed by atoms with van der Waals surface area (Å²) in [5.41, 5.74) is 0.916. The van der Waals surface area contributed by atoms with Gasteiger partial charge in [-0.05, 0) is 36.6 Å². The molecule has 0 aliphatic heterocycles. The van der Waals surface area contributed by atoms with Crippen molar-refractivity contribution in [3.8, 4) is 0 Å². The number of alkyl halides is 3. The molecule has 0 fully saturated rings. The van der Waals surface area contributed by atoms with E-state index in [-0.39, 0.29) is 0 Å². The van der Waals surface area contributed by atoms with E-state index in [0.717, 1.165) is 18.1 Å². The minimum absolute atomic E-state index is 0.594. The average Bonchev–Trinajstić information content (AvgIpc) is 2.17. The molecule has 0 atom stereocenters. The Bertz CT molecular complexity index is 361. The number of benzene rings is 1. The second-order valence-electron chi connectivity index (χ2n) is 3.37. The molecule has 0 spiro atoms. The summed E-state index contributed by atoms with van der Waals surface area (Å²) in [5, 5.41) is 0. The molecule has 0 N–H and O–H groups in total. The highest BCUT2D eigenvalue weighted by Crippen LogP contribution is 2.30. The van der Waals surface area contributed by atoms with Crippen molar-refractivity contribution in [2.24, 2.45) is 0 Å². The van der Waals surface area contributed by atoms with Crippen LogP contribution >= 0.6 is 0 Å². The van der Waals surface area contributed by atoms with Gasteiger partial charge in [0.1, 0.15) is 0 Å². The van der Waals surface area contributed by atoms with Crippen molar-refractivity contribution in [2.45, 2.75) is 26.4 Å². The van der Waals surface area contributed by atoms with Gasteiger partial charge in [-0.15, -0.1) is 0 Å². The molecular weight excluding hydrogens is 201 g/mol.